The van der Waals surface area contributed by atoms with Gasteiger partial charge in [-0.25, -0.2) is 4.98 Å². The van der Waals surface area contributed by atoms with E-state index in [0.717, 1.165) is 46.7 Å². The van der Waals surface area contributed by atoms with Gasteiger partial charge in [-0.1, -0.05) is 37.5 Å². The molecule has 9 heteroatoms. The minimum atomic E-state index is -0.785. The van der Waals surface area contributed by atoms with Gasteiger partial charge in [0.05, 0.1) is 36.8 Å². The number of nitrogens with two attached hydrogens (primary N) is 1. The van der Waals surface area contributed by atoms with Gasteiger partial charge in [-0.05, 0) is 80.1 Å². The number of aromatic nitrogens is 3. The lowest BCUT2D eigenvalue weighted by atomic mass is 9.81. The quantitative estimate of drug-likeness (QED) is 0.183. The summed E-state index contributed by atoms with van der Waals surface area (Å²) in [6, 6.07) is 19.2. The fourth-order valence-corrected chi connectivity index (χ4v) is 7.05. The summed E-state index contributed by atoms with van der Waals surface area (Å²) in [4.78, 5) is 33.2. The van der Waals surface area contributed by atoms with Gasteiger partial charge in [-0.2, -0.15) is 0 Å². The second-order valence-electron chi connectivity index (χ2n) is 12.9. The molecule has 2 aliphatic rings. The highest BCUT2D eigenvalue weighted by Crippen LogP contribution is 2.47. The number of amides is 2. The number of H-pyrrole nitrogens is 1. The summed E-state index contributed by atoms with van der Waals surface area (Å²) in [6.45, 7) is 5.06. The third-order valence-electron chi connectivity index (χ3n) is 9.47. The fourth-order valence-electron chi connectivity index (χ4n) is 7.05. The SMILES string of the molecule is COc1ccc2c(c1)OCCn1c-2c(C2CCCCC2)c2ccc(C(=O)NC(C)(C)c3ncc(-c4ccc(C(N)=O)cc4)[nH]3)cc21. The van der Waals surface area contributed by atoms with E-state index in [1.54, 1.807) is 25.4 Å². The third kappa shape index (κ3) is 5.29. The first-order chi connectivity index (χ1) is 22.2. The van der Waals surface area contributed by atoms with Crippen LogP contribution in [0.25, 0.3) is 33.4 Å². The van der Waals surface area contributed by atoms with E-state index in [0.29, 0.717) is 36.0 Å². The first kappa shape index (κ1) is 29.6. The lowest BCUT2D eigenvalue weighted by Crippen LogP contribution is -2.41. The number of nitrogens with one attached hydrogen (secondary N) is 2. The van der Waals surface area contributed by atoms with Gasteiger partial charge in [0.15, 0.2) is 0 Å². The summed E-state index contributed by atoms with van der Waals surface area (Å²) in [5.74, 6) is 2.03. The maximum Gasteiger partial charge on any atom is 0.252 e. The van der Waals surface area contributed by atoms with E-state index >= 15 is 0 Å². The van der Waals surface area contributed by atoms with Crippen molar-refractivity contribution in [3.8, 4) is 34.0 Å². The Bertz CT molecular complexity index is 1950. The maximum absolute atomic E-state index is 13.8. The van der Waals surface area contributed by atoms with Crippen molar-refractivity contribution in [3.05, 3.63) is 89.4 Å². The Morgan fingerprint density at radius 3 is 2.52 bits per heavy atom. The molecule has 0 unspecified atom stereocenters. The molecule has 1 saturated carbocycles. The standard InChI is InChI=1S/C37H39N5O4/c1-37(2,36-39-21-29(40-36)22-9-11-24(12-10-22)34(38)43)41-35(44)25-13-15-27-30(19-25)42-17-18-46-31-20-26(45-3)14-16-28(31)33(42)32(27)23-7-5-4-6-8-23/h9-16,19-21,23H,4-8,17-18H2,1-3H3,(H2,38,43)(H,39,40)(H,41,44). The van der Waals surface area contributed by atoms with Gasteiger partial charge in [-0.3, -0.25) is 9.59 Å². The van der Waals surface area contributed by atoms with Gasteiger partial charge < -0.3 is 30.1 Å². The molecule has 2 aromatic heterocycles. The van der Waals surface area contributed by atoms with Crippen LogP contribution in [0, 0.1) is 0 Å². The van der Waals surface area contributed by atoms with Crippen molar-refractivity contribution in [2.75, 3.05) is 13.7 Å². The molecule has 1 aliphatic carbocycles. The van der Waals surface area contributed by atoms with E-state index in [4.69, 9.17) is 15.2 Å². The molecule has 0 radical (unpaired) electrons. The van der Waals surface area contributed by atoms with E-state index in [-0.39, 0.29) is 5.91 Å². The van der Waals surface area contributed by atoms with Crippen LogP contribution >= 0.6 is 0 Å². The number of primary amides is 1. The number of nitrogens with zero attached hydrogens (tertiary/aromatic N) is 2. The lowest BCUT2D eigenvalue weighted by molar-refractivity contribution is 0.0908. The molecule has 3 heterocycles. The molecule has 4 N–H and O–H groups in total. The molecule has 9 nitrogen and oxygen atoms in total. The van der Waals surface area contributed by atoms with Gasteiger partial charge in [-0.15, -0.1) is 0 Å². The number of hydrogen-bond donors (Lipinski definition) is 3. The number of ether oxygens (including phenoxy) is 2. The first-order valence-electron chi connectivity index (χ1n) is 16.0. The predicted molar refractivity (Wildman–Crippen MR) is 178 cm³/mol. The van der Waals surface area contributed by atoms with Crippen LogP contribution in [0.5, 0.6) is 11.5 Å². The average molecular weight is 618 g/mol. The molecule has 3 aromatic carbocycles. The number of methoxy groups -OCH3 is 1. The number of fused-ring (bicyclic) bond motifs is 5. The zero-order valence-electron chi connectivity index (χ0n) is 26.5. The van der Waals surface area contributed by atoms with Crippen molar-refractivity contribution < 1.29 is 19.1 Å². The summed E-state index contributed by atoms with van der Waals surface area (Å²) >= 11 is 0. The molecule has 0 spiro atoms. The summed E-state index contributed by atoms with van der Waals surface area (Å²) < 4.78 is 14.1. The Morgan fingerprint density at radius 2 is 1.78 bits per heavy atom. The molecule has 236 valence electrons. The van der Waals surface area contributed by atoms with Crippen molar-refractivity contribution in [2.45, 2.75) is 64.0 Å². The molecular formula is C37H39N5O4. The van der Waals surface area contributed by atoms with Crippen LogP contribution in [0.4, 0.5) is 0 Å². The van der Waals surface area contributed by atoms with Gasteiger partial charge in [0.1, 0.15) is 23.9 Å². The zero-order chi connectivity index (χ0) is 32.0. The number of aromatic amines is 1. The van der Waals surface area contributed by atoms with Gasteiger partial charge in [0.25, 0.3) is 5.91 Å². The number of imidazole rings is 1. The highest BCUT2D eigenvalue weighted by Gasteiger charge is 2.31. The van der Waals surface area contributed by atoms with Crippen molar-refractivity contribution in [1.29, 1.82) is 0 Å². The van der Waals surface area contributed by atoms with E-state index in [2.05, 4.69) is 32.0 Å². The molecule has 0 bridgehead atoms. The van der Waals surface area contributed by atoms with Gasteiger partial charge >= 0.3 is 0 Å². The minimum Gasteiger partial charge on any atom is -0.497 e. The van der Waals surface area contributed by atoms with E-state index < -0.39 is 11.4 Å². The van der Waals surface area contributed by atoms with Crippen molar-refractivity contribution in [1.82, 2.24) is 19.9 Å². The number of hydrogen-bond acceptors (Lipinski definition) is 5. The molecule has 5 aromatic rings. The minimum absolute atomic E-state index is 0.180. The molecule has 0 atom stereocenters. The normalized spacial score (nSPS) is 15.0. The third-order valence-corrected chi connectivity index (χ3v) is 9.47. The highest BCUT2D eigenvalue weighted by atomic mass is 16.5. The Morgan fingerprint density at radius 1 is 1.02 bits per heavy atom. The second kappa shape index (κ2) is 11.7. The smallest absolute Gasteiger partial charge is 0.252 e. The van der Waals surface area contributed by atoms with Crippen LogP contribution in [0.15, 0.2) is 66.9 Å². The number of carbonyl (C=O) groups is 2. The Kier molecular flexibility index (Phi) is 7.55. The van der Waals surface area contributed by atoms with E-state index in [1.165, 1.54) is 35.9 Å². The van der Waals surface area contributed by atoms with Crippen LogP contribution in [-0.2, 0) is 12.1 Å². The molecular weight excluding hydrogens is 578 g/mol. The second-order valence-corrected chi connectivity index (χ2v) is 12.9. The largest absolute Gasteiger partial charge is 0.497 e. The molecule has 2 amide bonds. The fraction of sp³-hybridized carbons (Fsp3) is 0.324. The van der Waals surface area contributed by atoms with Crippen molar-refractivity contribution in [2.24, 2.45) is 5.73 Å². The number of benzene rings is 3. The first-order valence-corrected chi connectivity index (χ1v) is 16.0. The summed E-state index contributed by atoms with van der Waals surface area (Å²) in [6.07, 6.45) is 7.79. The lowest BCUT2D eigenvalue weighted by Gasteiger charge is -2.24. The van der Waals surface area contributed by atoms with Gasteiger partial charge in [0, 0.05) is 33.7 Å². The van der Waals surface area contributed by atoms with Crippen LogP contribution < -0.4 is 20.5 Å². The maximum atomic E-state index is 13.8. The Labute approximate surface area is 268 Å². The topological polar surface area (TPSA) is 124 Å². The molecule has 7 rings (SSSR count). The molecule has 1 aliphatic heterocycles. The Hall–Kier alpha value is -5.05. The molecule has 1 fully saturated rings. The summed E-state index contributed by atoms with van der Waals surface area (Å²) in [5, 5.41) is 4.40. The average Bonchev–Trinajstić information content (AvgIpc) is 3.64. The zero-order valence-corrected chi connectivity index (χ0v) is 26.5. The summed E-state index contributed by atoms with van der Waals surface area (Å²) in [5.41, 5.74) is 12.0. The van der Waals surface area contributed by atoms with Gasteiger partial charge in [0.2, 0.25) is 5.91 Å². The highest BCUT2D eigenvalue weighted by molar-refractivity contribution is 6.01. The Balaban J connectivity index is 1.23. The van der Waals surface area contributed by atoms with Crippen molar-refractivity contribution in [3.63, 3.8) is 0 Å². The van der Waals surface area contributed by atoms with Crippen LogP contribution in [0.2, 0.25) is 0 Å². The number of rotatable bonds is 7. The number of carbonyl (C=O) groups excluding carboxylic acids is 2. The van der Waals surface area contributed by atoms with Crippen molar-refractivity contribution >= 4 is 22.7 Å². The molecule has 0 saturated heterocycles. The van der Waals surface area contributed by atoms with E-state index in [1.807, 2.05) is 50.2 Å². The van der Waals surface area contributed by atoms with Crippen LogP contribution in [0.3, 0.4) is 0 Å². The monoisotopic (exact) mass is 617 g/mol. The van der Waals surface area contributed by atoms with E-state index in [9.17, 15) is 9.59 Å². The van der Waals surface area contributed by atoms with Crippen LogP contribution in [-0.4, -0.2) is 40.1 Å². The van der Waals surface area contributed by atoms with Crippen LogP contribution in [0.1, 0.15) is 84.0 Å². The summed E-state index contributed by atoms with van der Waals surface area (Å²) in [7, 11) is 1.67. The predicted octanol–water partition coefficient (Wildman–Crippen LogP) is 6.91. The molecule has 46 heavy (non-hydrogen) atoms.